The van der Waals surface area contributed by atoms with Crippen molar-refractivity contribution in [3.8, 4) is 0 Å². The number of imide groups is 1. The first-order valence-corrected chi connectivity index (χ1v) is 7.98. The van der Waals surface area contributed by atoms with Crippen molar-refractivity contribution in [3.05, 3.63) is 0 Å². The molecule has 3 amide bonds. The quantitative estimate of drug-likeness (QED) is 0.367. The van der Waals surface area contributed by atoms with Crippen LogP contribution >= 0.6 is 12.4 Å². The first-order chi connectivity index (χ1) is 12.1. The summed E-state index contributed by atoms with van der Waals surface area (Å²) in [4.78, 5) is 39.4. The summed E-state index contributed by atoms with van der Waals surface area (Å²) >= 11 is 0. The van der Waals surface area contributed by atoms with Crippen LogP contribution in [0.1, 0.15) is 13.8 Å². The fourth-order valence-corrected chi connectivity index (χ4v) is 2.25. The largest absolute Gasteiger partial charge is 0.462 e. The van der Waals surface area contributed by atoms with Gasteiger partial charge < -0.3 is 25.4 Å². The van der Waals surface area contributed by atoms with E-state index in [9.17, 15) is 29.0 Å². The molecule has 0 aliphatic carbocycles. The smallest absolute Gasteiger partial charge is 0.348 e. The molecule has 0 radical (unpaired) electrons. The van der Waals surface area contributed by atoms with Gasteiger partial charge in [0.05, 0.1) is 6.54 Å². The van der Waals surface area contributed by atoms with Gasteiger partial charge in [-0.3, -0.25) is 14.9 Å². The van der Waals surface area contributed by atoms with E-state index in [-0.39, 0.29) is 18.3 Å². The molecule has 11 nitrogen and oxygen atoms in total. The number of carbonyl (C=O) groups excluding carboxylic acids is 3. The zero-order valence-electron chi connectivity index (χ0n) is 14.6. The van der Waals surface area contributed by atoms with E-state index < -0.39 is 67.9 Å². The molecule has 0 bridgehead atoms. The van der Waals surface area contributed by atoms with E-state index in [4.69, 9.17) is 20.0 Å². The number of halogens is 2. The molecule has 27 heavy (non-hydrogen) atoms. The zero-order valence-corrected chi connectivity index (χ0v) is 15.4. The molecule has 156 valence electrons. The van der Waals surface area contributed by atoms with Gasteiger partial charge in [0.2, 0.25) is 6.29 Å². The second-order valence-corrected chi connectivity index (χ2v) is 6.35. The molecule has 5 N–H and O–H groups in total. The van der Waals surface area contributed by atoms with E-state index in [0.29, 0.717) is 5.06 Å². The molecule has 1 unspecified atom stereocenters. The maximum atomic E-state index is 13.4. The molecule has 13 heteroatoms. The van der Waals surface area contributed by atoms with Crippen molar-refractivity contribution in [2.45, 2.75) is 50.7 Å². The monoisotopic (exact) mass is 415 g/mol. The van der Waals surface area contributed by atoms with Crippen LogP contribution in [0.2, 0.25) is 0 Å². The lowest BCUT2D eigenvalue weighted by Gasteiger charge is -2.30. The van der Waals surface area contributed by atoms with Crippen molar-refractivity contribution in [1.29, 1.82) is 0 Å². The van der Waals surface area contributed by atoms with E-state index >= 15 is 0 Å². The number of aliphatic hydroxyl groups is 2. The summed E-state index contributed by atoms with van der Waals surface area (Å²) in [7, 11) is 0. The van der Waals surface area contributed by atoms with Crippen molar-refractivity contribution in [3.63, 3.8) is 0 Å². The highest BCUT2D eigenvalue weighted by Gasteiger charge is 2.47. The maximum absolute atomic E-state index is 13.4. The molecule has 2 heterocycles. The Morgan fingerprint density at radius 2 is 2.04 bits per heavy atom. The Bertz CT molecular complexity index is 568. The molecule has 2 saturated heterocycles. The Hall–Kier alpha value is -1.57. The summed E-state index contributed by atoms with van der Waals surface area (Å²) in [5.41, 5.74) is 5.63. The molecule has 2 rings (SSSR count). The molecule has 2 fully saturated rings. The molecule has 2 aliphatic heterocycles. The number of nitrogens with one attached hydrogen (secondary N) is 1. The zero-order chi connectivity index (χ0) is 19.6. The molecule has 6 atom stereocenters. The highest BCUT2D eigenvalue weighted by Crippen LogP contribution is 2.24. The first kappa shape index (κ1) is 23.5. The number of urea groups is 1. The lowest BCUT2D eigenvalue weighted by Crippen LogP contribution is -2.57. The summed E-state index contributed by atoms with van der Waals surface area (Å²) in [5.74, 6) is -1.97. The van der Waals surface area contributed by atoms with Crippen LogP contribution in [-0.2, 0) is 23.9 Å². The molecule has 2 aliphatic rings. The van der Waals surface area contributed by atoms with E-state index in [0.717, 1.165) is 0 Å². The van der Waals surface area contributed by atoms with Gasteiger partial charge in [-0.2, -0.15) is 5.06 Å². The Balaban J connectivity index is 0.00000364. The fraction of sp³-hybridized carbons (Fsp3) is 0.786. The Labute approximate surface area is 160 Å². The van der Waals surface area contributed by atoms with Gasteiger partial charge in [0.1, 0.15) is 31.0 Å². The number of aliphatic hydroxyl groups excluding tert-OH is 2. The van der Waals surface area contributed by atoms with Crippen LogP contribution in [0.5, 0.6) is 0 Å². The number of esters is 1. The summed E-state index contributed by atoms with van der Waals surface area (Å²) < 4.78 is 23.5. The van der Waals surface area contributed by atoms with Crippen LogP contribution in [0.3, 0.4) is 0 Å². The summed E-state index contributed by atoms with van der Waals surface area (Å²) in [6, 6.07) is -1.89. The molecule has 0 aromatic rings. The van der Waals surface area contributed by atoms with Crippen LogP contribution in [0.15, 0.2) is 0 Å². The summed E-state index contributed by atoms with van der Waals surface area (Å²) in [6.07, 6.45) is -7.77. The lowest BCUT2D eigenvalue weighted by molar-refractivity contribution is -0.274. The molecule has 0 saturated carbocycles. The van der Waals surface area contributed by atoms with Crippen LogP contribution in [0.4, 0.5) is 9.18 Å². The minimum atomic E-state index is -2.01. The van der Waals surface area contributed by atoms with Crippen molar-refractivity contribution in [1.82, 2.24) is 10.4 Å². The Kier molecular flexibility index (Phi) is 8.32. The van der Waals surface area contributed by atoms with E-state index in [1.165, 1.54) is 0 Å². The SMILES string of the molecule is CC(C)[C@H](N)C(=O)OC[C@H]1O[C@@H](ON2CC(F)C(=O)NC2=O)[C@H](O)[C@@H]1O.Cl. The first-order valence-electron chi connectivity index (χ1n) is 7.98. The normalized spacial score (nSPS) is 32.1. The lowest BCUT2D eigenvalue weighted by atomic mass is 10.1. The van der Waals surface area contributed by atoms with Gasteiger partial charge in [-0.1, -0.05) is 13.8 Å². The van der Waals surface area contributed by atoms with Crippen molar-refractivity contribution >= 4 is 30.3 Å². The Morgan fingerprint density at radius 3 is 2.63 bits per heavy atom. The molecular formula is C14H23ClFN3O8. The van der Waals surface area contributed by atoms with Crippen LogP contribution < -0.4 is 11.1 Å². The number of ether oxygens (including phenoxy) is 2. The maximum Gasteiger partial charge on any atom is 0.348 e. The molecular weight excluding hydrogens is 393 g/mol. The number of rotatable bonds is 6. The second-order valence-electron chi connectivity index (χ2n) is 6.35. The van der Waals surface area contributed by atoms with E-state index in [1.807, 2.05) is 0 Å². The van der Waals surface area contributed by atoms with E-state index in [1.54, 1.807) is 19.2 Å². The number of carbonyl (C=O) groups is 3. The average Bonchev–Trinajstić information content (AvgIpc) is 2.84. The number of hydroxylamine groups is 2. The van der Waals surface area contributed by atoms with Crippen molar-refractivity contribution < 1.29 is 43.3 Å². The predicted octanol–water partition coefficient (Wildman–Crippen LogP) is -1.80. The molecule has 0 spiro atoms. The molecule has 0 aromatic heterocycles. The van der Waals surface area contributed by atoms with Gasteiger partial charge in [0, 0.05) is 0 Å². The van der Waals surface area contributed by atoms with Crippen LogP contribution in [0, 0.1) is 5.92 Å². The van der Waals surface area contributed by atoms with Crippen molar-refractivity contribution in [2.24, 2.45) is 11.7 Å². The highest BCUT2D eigenvalue weighted by atomic mass is 35.5. The highest BCUT2D eigenvalue weighted by molar-refractivity contribution is 5.98. The van der Waals surface area contributed by atoms with Gasteiger partial charge >= 0.3 is 12.0 Å². The third kappa shape index (κ3) is 5.46. The molecule has 0 aromatic carbocycles. The van der Waals surface area contributed by atoms with Gasteiger partial charge in [-0.05, 0) is 5.92 Å². The summed E-state index contributed by atoms with van der Waals surface area (Å²) in [5, 5.41) is 22.1. The average molecular weight is 416 g/mol. The number of nitrogens with zero attached hydrogens (tertiary/aromatic N) is 1. The van der Waals surface area contributed by atoms with Gasteiger partial charge in [0.15, 0.2) is 6.17 Å². The number of hydrogen-bond acceptors (Lipinski definition) is 9. The third-order valence-electron chi connectivity index (χ3n) is 4.00. The minimum absolute atomic E-state index is 0. The predicted molar refractivity (Wildman–Crippen MR) is 87.9 cm³/mol. The van der Waals surface area contributed by atoms with Gasteiger partial charge in [0.25, 0.3) is 5.91 Å². The van der Waals surface area contributed by atoms with Gasteiger partial charge in [-0.15, -0.1) is 12.4 Å². The Morgan fingerprint density at radius 1 is 1.41 bits per heavy atom. The second kappa shape index (κ2) is 9.57. The number of nitrogens with two attached hydrogens (primary N) is 1. The van der Waals surface area contributed by atoms with Crippen LogP contribution in [-0.4, -0.2) is 83.2 Å². The fourth-order valence-electron chi connectivity index (χ4n) is 2.25. The van der Waals surface area contributed by atoms with Crippen LogP contribution in [0.25, 0.3) is 0 Å². The number of alkyl halides is 1. The standard InChI is InChI=1S/C14H22FN3O8.ClH/c1-5(2)8(16)12(22)24-4-7-9(19)10(20)13(25-7)26-18-3-6(15)11(21)17-14(18)23;/h5-10,13,19-20H,3-4,16H2,1-2H3,(H,17,21,23);1H/t6?,7-,8+,9-,10-,13+;/m1./s1. The topological polar surface area (TPSA) is 161 Å². The summed E-state index contributed by atoms with van der Waals surface area (Å²) in [6.45, 7) is 2.35. The minimum Gasteiger partial charge on any atom is -0.462 e. The number of hydrogen-bond donors (Lipinski definition) is 4. The third-order valence-corrected chi connectivity index (χ3v) is 4.00. The van der Waals surface area contributed by atoms with E-state index in [2.05, 4.69) is 0 Å². The number of amides is 3. The van der Waals surface area contributed by atoms with Gasteiger partial charge in [-0.25, -0.2) is 14.0 Å². The van der Waals surface area contributed by atoms with Crippen molar-refractivity contribution in [2.75, 3.05) is 13.2 Å².